The van der Waals surface area contributed by atoms with Crippen LogP contribution in [0.4, 0.5) is 0 Å². The van der Waals surface area contributed by atoms with Gasteiger partial charge in [0, 0.05) is 0 Å². The highest BCUT2D eigenvalue weighted by molar-refractivity contribution is 9.10. The smallest absolute Gasteiger partial charge is 0.142 e. The normalized spacial score (nSPS) is 9.73. The fourth-order valence-corrected chi connectivity index (χ4v) is 1.11. The monoisotopic (exact) mass is 217 g/mol. The van der Waals surface area contributed by atoms with E-state index < -0.39 is 0 Å². The lowest BCUT2D eigenvalue weighted by atomic mass is 10.3. The molecular formula is C7H8BrNO2. The molecule has 0 bridgehead atoms. The van der Waals surface area contributed by atoms with E-state index in [4.69, 9.17) is 9.84 Å². The summed E-state index contributed by atoms with van der Waals surface area (Å²) in [6.45, 7) is -0.109. The quantitative estimate of drug-likeness (QED) is 0.761. The van der Waals surface area contributed by atoms with Crippen molar-refractivity contribution in [2.75, 3.05) is 7.11 Å². The third-order valence-electron chi connectivity index (χ3n) is 1.27. The van der Waals surface area contributed by atoms with Crippen molar-refractivity contribution >= 4 is 15.9 Å². The predicted octanol–water partition coefficient (Wildman–Crippen LogP) is 1.34. The highest BCUT2D eigenvalue weighted by Crippen LogP contribution is 2.18. The van der Waals surface area contributed by atoms with E-state index in [2.05, 4.69) is 20.9 Å². The SMILES string of the molecule is COc1ccc(Br)nc1CO. The van der Waals surface area contributed by atoms with E-state index in [-0.39, 0.29) is 6.61 Å². The second kappa shape index (κ2) is 3.69. The van der Waals surface area contributed by atoms with Crippen LogP contribution in [0.3, 0.4) is 0 Å². The molecule has 1 aromatic rings. The van der Waals surface area contributed by atoms with Crippen LogP contribution in [0.15, 0.2) is 16.7 Å². The van der Waals surface area contributed by atoms with E-state index in [0.717, 1.165) is 0 Å². The zero-order chi connectivity index (χ0) is 8.27. The topological polar surface area (TPSA) is 42.4 Å². The Morgan fingerprint density at radius 2 is 2.36 bits per heavy atom. The molecule has 3 nitrogen and oxygen atoms in total. The van der Waals surface area contributed by atoms with E-state index >= 15 is 0 Å². The molecule has 0 aliphatic heterocycles. The van der Waals surface area contributed by atoms with Crippen LogP contribution in [0.1, 0.15) is 5.69 Å². The summed E-state index contributed by atoms with van der Waals surface area (Å²) in [5.41, 5.74) is 0.543. The highest BCUT2D eigenvalue weighted by Gasteiger charge is 2.02. The summed E-state index contributed by atoms with van der Waals surface area (Å²) >= 11 is 3.19. The Bertz CT molecular complexity index is 252. The van der Waals surface area contributed by atoms with Gasteiger partial charge in [-0.25, -0.2) is 4.98 Å². The summed E-state index contributed by atoms with van der Waals surface area (Å²) in [6.07, 6.45) is 0. The maximum atomic E-state index is 8.81. The van der Waals surface area contributed by atoms with Gasteiger partial charge in [0.25, 0.3) is 0 Å². The minimum Gasteiger partial charge on any atom is -0.495 e. The van der Waals surface area contributed by atoms with Gasteiger partial charge in [-0.15, -0.1) is 0 Å². The van der Waals surface area contributed by atoms with Gasteiger partial charge in [0.05, 0.1) is 13.7 Å². The number of ether oxygens (including phenoxy) is 1. The Morgan fingerprint density at radius 3 is 2.91 bits per heavy atom. The minimum atomic E-state index is -0.109. The van der Waals surface area contributed by atoms with Crippen molar-refractivity contribution in [1.82, 2.24) is 4.98 Å². The van der Waals surface area contributed by atoms with E-state index in [1.807, 2.05) is 0 Å². The lowest BCUT2D eigenvalue weighted by Gasteiger charge is -2.03. The molecule has 1 heterocycles. The Hall–Kier alpha value is -0.610. The lowest BCUT2D eigenvalue weighted by Crippen LogP contribution is -1.95. The van der Waals surface area contributed by atoms with Crippen molar-refractivity contribution in [3.05, 3.63) is 22.4 Å². The largest absolute Gasteiger partial charge is 0.495 e. The molecule has 1 N–H and O–H groups in total. The van der Waals surface area contributed by atoms with E-state index in [0.29, 0.717) is 16.0 Å². The molecule has 4 heteroatoms. The average molecular weight is 218 g/mol. The summed E-state index contributed by atoms with van der Waals surface area (Å²) in [5.74, 6) is 0.607. The molecule has 11 heavy (non-hydrogen) atoms. The van der Waals surface area contributed by atoms with Crippen molar-refractivity contribution < 1.29 is 9.84 Å². The number of nitrogens with zero attached hydrogens (tertiary/aromatic N) is 1. The number of aromatic nitrogens is 1. The average Bonchev–Trinajstić information content (AvgIpc) is 2.04. The van der Waals surface area contributed by atoms with E-state index in [1.165, 1.54) is 0 Å². The molecule has 1 aromatic heterocycles. The van der Waals surface area contributed by atoms with Crippen LogP contribution in [0.25, 0.3) is 0 Å². The molecule has 0 aliphatic carbocycles. The first-order valence-electron chi connectivity index (χ1n) is 3.08. The molecule has 0 amide bonds. The zero-order valence-corrected chi connectivity index (χ0v) is 7.63. The Balaban J connectivity index is 3.06. The van der Waals surface area contributed by atoms with Crippen LogP contribution < -0.4 is 4.74 Å². The second-order valence-corrected chi connectivity index (χ2v) is 2.75. The Labute approximate surface area is 73.2 Å². The molecule has 0 aromatic carbocycles. The number of aliphatic hydroxyl groups is 1. The molecule has 0 atom stereocenters. The van der Waals surface area contributed by atoms with Crippen LogP contribution in [-0.4, -0.2) is 17.2 Å². The molecule has 0 fully saturated rings. The van der Waals surface area contributed by atoms with Crippen LogP contribution in [0, 0.1) is 0 Å². The molecule has 0 spiro atoms. The van der Waals surface area contributed by atoms with Gasteiger partial charge < -0.3 is 9.84 Å². The number of hydrogen-bond acceptors (Lipinski definition) is 3. The second-order valence-electron chi connectivity index (χ2n) is 1.94. The maximum absolute atomic E-state index is 8.81. The Morgan fingerprint density at radius 1 is 1.64 bits per heavy atom. The first-order chi connectivity index (χ1) is 5.27. The molecule has 0 unspecified atom stereocenters. The zero-order valence-electron chi connectivity index (χ0n) is 6.04. The molecule has 0 saturated heterocycles. The van der Waals surface area contributed by atoms with Gasteiger partial charge in [-0.1, -0.05) is 0 Å². The summed E-state index contributed by atoms with van der Waals surface area (Å²) in [6, 6.07) is 3.51. The highest BCUT2D eigenvalue weighted by atomic mass is 79.9. The van der Waals surface area contributed by atoms with Crippen LogP contribution in [-0.2, 0) is 6.61 Å². The summed E-state index contributed by atoms with van der Waals surface area (Å²) in [7, 11) is 1.55. The molecular weight excluding hydrogens is 210 g/mol. The van der Waals surface area contributed by atoms with Gasteiger partial charge in [0.2, 0.25) is 0 Å². The first kappa shape index (κ1) is 8.49. The van der Waals surface area contributed by atoms with E-state index in [1.54, 1.807) is 19.2 Å². The Kier molecular flexibility index (Phi) is 2.84. The van der Waals surface area contributed by atoms with E-state index in [9.17, 15) is 0 Å². The number of methoxy groups -OCH3 is 1. The fourth-order valence-electron chi connectivity index (χ4n) is 0.761. The first-order valence-corrected chi connectivity index (χ1v) is 3.87. The fraction of sp³-hybridized carbons (Fsp3) is 0.286. The molecule has 0 radical (unpaired) electrons. The van der Waals surface area contributed by atoms with Crippen molar-refractivity contribution in [3.63, 3.8) is 0 Å². The van der Waals surface area contributed by atoms with Gasteiger partial charge in [-0.05, 0) is 28.1 Å². The number of rotatable bonds is 2. The maximum Gasteiger partial charge on any atom is 0.142 e. The predicted molar refractivity (Wildman–Crippen MR) is 44.4 cm³/mol. The molecule has 60 valence electrons. The third-order valence-corrected chi connectivity index (χ3v) is 1.71. The van der Waals surface area contributed by atoms with Gasteiger partial charge >= 0.3 is 0 Å². The number of pyridine rings is 1. The van der Waals surface area contributed by atoms with Gasteiger partial charge in [0.1, 0.15) is 16.0 Å². The van der Waals surface area contributed by atoms with Gasteiger partial charge in [0.15, 0.2) is 0 Å². The lowest BCUT2D eigenvalue weighted by molar-refractivity contribution is 0.268. The van der Waals surface area contributed by atoms with Crippen molar-refractivity contribution in [2.45, 2.75) is 6.61 Å². The van der Waals surface area contributed by atoms with Crippen LogP contribution in [0.2, 0.25) is 0 Å². The summed E-state index contributed by atoms with van der Waals surface area (Å²) in [4.78, 5) is 4.00. The molecule has 1 rings (SSSR count). The molecule has 0 aliphatic rings. The number of halogens is 1. The molecule has 0 saturated carbocycles. The number of aliphatic hydroxyl groups excluding tert-OH is 1. The van der Waals surface area contributed by atoms with Crippen LogP contribution >= 0.6 is 15.9 Å². The van der Waals surface area contributed by atoms with Gasteiger partial charge in [-0.2, -0.15) is 0 Å². The summed E-state index contributed by atoms with van der Waals surface area (Å²) in [5, 5.41) is 8.81. The standard InChI is InChI=1S/C7H8BrNO2/c1-11-6-2-3-7(8)9-5(6)4-10/h2-3,10H,4H2,1H3. The van der Waals surface area contributed by atoms with Crippen molar-refractivity contribution in [3.8, 4) is 5.75 Å². The van der Waals surface area contributed by atoms with Crippen LogP contribution in [0.5, 0.6) is 5.75 Å². The third kappa shape index (κ3) is 1.91. The minimum absolute atomic E-state index is 0.109. The summed E-state index contributed by atoms with van der Waals surface area (Å²) < 4.78 is 5.64. The van der Waals surface area contributed by atoms with Crippen molar-refractivity contribution in [2.24, 2.45) is 0 Å². The van der Waals surface area contributed by atoms with Crippen molar-refractivity contribution in [1.29, 1.82) is 0 Å². The van der Waals surface area contributed by atoms with Gasteiger partial charge in [-0.3, -0.25) is 0 Å². The number of hydrogen-bond donors (Lipinski definition) is 1.